The van der Waals surface area contributed by atoms with E-state index in [0.717, 1.165) is 18.9 Å². The third-order valence-corrected chi connectivity index (χ3v) is 3.36. The molecule has 1 nitrogen and oxygen atoms in total. The van der Waals surface area contributed by atoms with Gasteiger partial charge in [-0.05, 0) is 37.4 Å². The summed E-state index contributed by atoms with van der Waals surface area (Å²) in [6.45, 7) is 7.61. The second-order valence-electron chi connectivity index (χ2n) is 4.49. The van der Waals surface area contributed by atoms with E-state index >= 15 is 0 Å². The Kier molecular flexibility index (Phi) is 3.79. The maximum absolute atomic E-state index is 4.00. The molecule has 1 aliphatic heterocycles. The molecule has 0 bridgehead atoms. The number of rotatable bonds is 3. The van der Waals surface area contributed by atoms with Crippen molar-refractivity contribution in [1.82, 2.24) is 4.90 Å². The van der Waals surface area contributed by atoms with Gasteiger partial charge >= 0.3 is 0 Å². The lowest BCUT2D eigenvalue weighted by atomic mass is 9.94. The van der Waals surface area contributed by atoms with E-state index in [0.29, 0.717) is 0 Å². The molecule has 0 unspecified atom stereocenters. The summed E-state index contributed by atoms with van der Waals surface area (Å²) in [7, 11) is 0. The molecule has 2 rings (SSSR count). The number of nitrogens with zero attached hydrogens (tertiary/aromatic N) is 1. The van der Waals surface area contributed by atoms with E-state index in [1.165, 1.54) is 31.5 Å². The highest BCUT2D eigenvalue weighted by Gasteiger charge is 2.17. The number of piperidine rings is 1. The Morgan fingerprint density at radius 2 is 1.80 bits per heavy atom. The highest BCUT2D eigenvalue weighted by molar-refractivity contribution is 5.14. The third kappa shape index (κ3) is 3.07. The lowest BCUT2D eigenvalue weighted by molar-refractivity contribution is 0.178. The molecule has 1 heteroatoms. The summed E-state index contributed by atoms with van der Waals surface area (Å²) in [6.07, 6.45) is 3.77. The summed E-state index contributed by atoms with van der Waals surface area (Å²) in [4.78, 5) is 2.56. The summed E-state index contributed by atoms with van der Waals surface area (Å²) in [6, 6.07) is 10.8. The van der Waals surface area contributed by atoms with Crippen LogP contribution in [0.4, 0.5) is 0 Å². The van der Waals surface area contributed by atoms with Crippen molar-refractivity contribution >= 4 is 0 Å². The van der Waals surface area contributed by atoms with Gasteiger partial charge < -0.3 is 0 Å². The predicted octanol–water partition coefficient (Wildman–Crippen LogP) is 3.12. The van der Waals surface area contributed by atoms with Crippen LogP contribution in [0.15, 0.2) is 30.3 Å². The van der Waals surface area contributed by atoms with E-state index in [-0.39, 0.29) is 0 Å². The lowest BCUT2D eigenvalue weighted by Crippen LogP contribution is -2.32. The quantitative estimate of drug-likeness (QED) is 0.728. The van der Waals surface area contributed by atoms with Gasteiger partial charge in [-0.3, -0.25) is 4.90 Å². The molecule has 0 saturated carbocycles. The fourth-order valence-corrected chi connectivity index (χ4v) is 2.27. The molecular formula is C14H20N. The molecule has 1 aromatic rings. The highest BCUT2D eigenvalue weighted by Crippen LogP contribution is 2.20. The number of benzene rings is 1. The van der Waals surface area contributed by atoms with Crippen LogP contribution in [-0.4, -0.2) is 18.0 Å². The van der Waals surface area contributed by atoms with Gasteiger partial charge in [0.25, 0.3) is 0 Å². The van der Waals surface area contributed by atoms with Crippen LogP contribution in [0.25, 0.3) is 0 Å². The van der Waals surface area contributed by atoms with E-state index in [1.54, 1.807) is 0 Å². The van der Waals surface area contributed by atoms with E-state index in [2.05, 4.69) is 42.2 Å². The van der Waals surface area contributed by atoms with Crippen LogP contribution in [-0.2, 0) is 6.54 Å². The molecule has 81 valence electrons. The Balaban J connectivity index is 1.82. The second-order valence-corrected chi connectivity index (χ2v) is 4.49. The smallest absolute Gasteiger partial charge is 0.0233 e. The first kappa shape index (κ1) is 10.7. The average molecular weight is 202 g/mol. The zero-order valence-corrected chi connectivity index (χ0v) is 9.36. The van der Waals surface area contributed by atoms with E-state index in [9.17, 15) is 0 Å². The fourth-order valence-electron chi connectivity index (χ4n) is 2.27. The largest absolute Gasteiger partial charge is 0.299 e. The Morgan fingerprint density at radius 1 is 1.13 bits per heavy atom. The number of likely N-dealkylation sites (tertiary alicyclic amines) is 1. The fraction of sp³-hybridized carbons (Fsp3) is 0.500. The van der Waals surface area contributed by atoms with Crippen LogP contribution in [0.5, 0.6) is 0 Å². The summed E-state index contributed by atoms with van der Waals surface area (Å²) in [5.41, 5.74) is 1.44. The minimum atomic E-state index is 0.872. The van der Waals surface area contributed by atoms with Gasteiger partial charge in [0.15, 0.2) is 0 Å². The monoisotopic (exact) mass is 202 g/mol. The molecule has 0 N–H and O–H groups in total. The predicted molar refractivity (Wildman–Crippen MR) is 64.4 cm³/mol. The van der Waals surface area contributed by atoms with Gasteiger partial charge in [0.2, 0.25) is 0 Å². The molecule has 0 atom stereocenters. The van der Waals surface area contributed by atoms with Gasteiger partial charge in [-0.1, -0.05) is 43.7 Å². The lowest BCUT2D eigenvalue weighted by Gasteiger charge is -2.31. The molecule has 0 spiro atoms. The number of hydrogen-bond acceptors (Lipinski definition) is 1. The van der Waals surface area contributed by atoms with Gasteiger partial charge in [0, 0.05) is 6.54 Å². The van der Waals surface area contributed by atoms with E-state index in [4.69, 9.17) is 0 Å². The van der Waals surface area contributed by atoms with Crippen LogP contribution < -0.4 is 0 Å². The Labute approximate surface area is 93.1 Å². The zero-order valence-electron chi connectivity index (χ0n) is 9.36. The topological polar surface area (TPSA) is 3.24 Å². The summed E-state index contributed by atoms with van der Waals surface area (Å²) in [5.74, 6) is 0.872. The molecule has 1 heterocycles. The molecule has 0 aromatic heterocycles. The molecule has 1 saturated heterocycles. The Bertz CT molecular complexity index is 273. The van der Waals surface area contributed by atoms with Gasteiger partial charge in [0.05, 0.1) is 0 Å². The van der Waals surface area contributed by atoms with Crippen molar-refractivity contribution in [3.05, 3.63) is 42.8 Å². The van der Waals surface area contributed by atoms with Crippen molar-refractivity contribution in [2.24, 2.45) is 5.92 Å². The van der Waals surface area contributed by atoms with Crippen molar-refractivity contribution in [2.45, 2.75) is 25.8 Å². The van der Waals surface area contributed by atoms with Crippen LogP contribution in [0.1, 0.15) is 24.8 Å². The Hall–Kier alpha value is -0.820. The van der Waals surface area contributed by atoms with Gasteiger partial charge in [0.1, 0.15) is 0 Å². The molecule has 1 radical (unpaired) electrons. The van der Waals surface area contributed by atoms with Gasteiger partial charge in [-0.2, -0.15) is 0 Å². The zero-order chi connectivity index (χ0) is 10.5. The van der Waals surface area contributed by atoms with Crippen LogP contribution in [0.3, 0.4) is 0 Å². The summed E-state index contributed by atoms with van der Waals surface area (Å²) >= 11 is 0. The van der Waals surface area contributed by atoms with Crippen molar-refractivity contribution < 1.29 is 0 Å². The van der Waals surface area contributed by atoms with Crippen molar-refractivity contribution in [2.75, 3.05) is 13.1 Å². The first-order valence-corrected chi connectivity index (χ1v) is 5.94. The van der Waals surface area contributed by atoms with Crippen LogP contribution >= 0.6 is 0 Å². The van der Waals surface area contributed by atoms with E-state index in [1.807, 2.05) is 0 Å². The van der Waals surface area contributed by atoms with Crippen molar-refractivity contribution in [1.29, 1.82) is 0 Å². The molecule has 15 heavy (non-hydrogen) atoms. The summed E-state index contributed by atoms with van der Waals surface area (Å²) in [5, 5.41) is 0. The first-order valence-electron chi connectivity index (χ1n) is 5.94. The standard InChI is InChI=1S/C14H20N/c1-2-13-8-10-15(11-9-13)12-14-6-4-3-5-7-14/h3-7,13H,1-2,8-12H2. The van der Waals surface area contributed by atoms with E-state index < -0.39 is 0 Å². The molecule has 0 amide bonds. The molecule has 1 fully saturated rings. The average Bonchev–Trinajstić information content (AvgIpc) is 2.31. The molecule has 1 aliphatic rings. The number of hydrogen-bond donors (Lipinski definition) is 0. The second kappa shape index (κ2) is 5.32. The van der Waals surface area contributed by atoms with Crippen molar-refractivity contribution in [3.63, 3.8) is 0 Å². The highest BCUT2D eigenvalue weighted by atomic mass is 15.1. The SMILES string of the molecule is [CH2]CC1CCN(Cc2ccccc2)CC1. The molecule has 1 aromatic carbocycles. The first-order chi connectivity index (χ1) is 7.38. The maximum atomic E-state index is 4.00. The van der Waals surface area contributed by atoms with Crippen LogP contribution in [0.2, 0.25) is 0 Å². The minimum absolute atomic E-state index is 0.872. The van der Waals surface area contributed by atoms with Gasteiger partial charge in [-0.25, -0.2) is 0 Å². The maximum Gasteiger partial charge on any atom is 0.0233 e. The molecule has 0 aliphatic carbocycles. The Morgan fingerprint density at radius 3 is 2.40 bits per heavy atom. The molecular weight excluding hydrogens is 182 g/mol. The van der Waals surface area contributed by atoms with Crippen LogP contribution in [0, 0.1) is 12.8 Å². The summed E-state index contributed by atoms with van der Waals surface area (Å²) < 4.78 is 0. The minimum Gasteiger partial charge on any atom is -0.299 e. The van der Waals surface area contributed by atoms with Crippen molar-refractivity contribution in [3.8, 4) is 0 Å². The third-order valence-electron chi connectivity index (χ3n) is 3.36. The normalized spacial score (nSPS) is 19.3. The van der Waals surface area contributed by atoms with Gasteiger partial charge in [-0.15, -0.1) is 0 Å².